The first-order valence-corrected chi connectivity index (χ1v) is 8.88. The van der Waals surface area contributed by atoms with Gasteiger partial charge in [-0.25, -0.2) is 0 Å². The zero-order chi connectivity index (χ0) is 15.5. The van der Waals surface area contributed by atoms with Gasteiger partial charge in [-0.05, 0) is 49.8 Å². The fourth-order valence-electron chi connectivity index (χ4n) is 3.80. The van der Waals surface area contributed by atoms with Gasteiger partial charge in [0.2, 0.25) is 0 Å². The SMILES string of the molecule is CCOc1ccc(C(O)C2(CC(C)C)CCCC2)c(Br)c1. The minimum absolute atomic E-state index is 0.0455. The molecule has 2 nitrogen and oxygen atoms in total. The highest BCUT2D eigenvalue weighted by atomic mass is 79.9. The molecule has 0 bridgehead atoms. The molecule has 0 aromatic heterocycles. The molecular weight excluding hydrogens is 328 g/mol. The Morgan fingerprint density at radius 1 is 1.29 bits per heavy atom. The van der Waals surface area contributed by atoms with Crippen LogP contribution in [0.5, 0.6) is 5.75 Å². The fourth-order valence-corrected chi connectivity index (χ4v) is 4.37. The van der Waals surface area contributed by atoms with E-state index in [1.807, 2.05) is 25.1 Å². The highest BCUT2D eigenvalue weighted by molar-refractivity contribution is 9.10. The first-order valence-electron chi connectivity index (χ1n) is 8.09. The number of rotatable bonds is 6. The molecule has 0 radical (unpaired) electrons. The van der Waals surface area contributed by atoms with Crippen LogP contribution in [0.15, 0.2) is 22.7 Å². The highest BCUT2D eigenvalue weighted by Crippen LogP contribution is 2.52. The van der Waals surface area contributed by atoms with Crippen molar-refractivity contribution in [2.45, 2.75) is 59.0 Å². The summed E-state index contributed by atoms with van der Waals surface area (Å²) >= 11 is 3.62. The maximum absolute atomic E-state index is 11.1. The topological polar surface area (TPSA) is 29.5 Å². The summed E-state index contributed by atoms with van der Waals surface area (Å²) in [6.45, 7) is 7.14. The lowest BCUT2D eigenvalue weighted by atomic mass is 9.72. The molecule has 118 valence electrons. The summed E-state index contributed by atoms with van der Waals surface area (Å²) in [6.07, 6.45) is 5.43. The van der Waals surface area contributed by atoms with Gasteiger partial charge in [-0.3, -0.25) is 0 Å². The second kappa shape index (κ2) is 7.15. The Balaban J connectivity index is 2.26. The molecule has 1 aliphatic carbocycles. The first-order chi connectivity index (χ1) is 9.98. The fraction of sp³-hybridized carbons (Fsp3) is 0.667. The summed E-state index contributed by atoms with van der Waals surface area (Å²) in [5.74, 6) is 1.46. The molecule has 1 aliphatic rings. The van der Waals surface area contributed by atoms with E-state index in [0.29, 0.717) is 12.5 Å². The van der Waals surface area contributed by atoms with Crippen LogP contribution >= 0.6 is 15.9 Å². The van der Waals surface area contributed by atoms with Gasteiger partial charge in [-0.1, -0.05) is 48.7 Å². The van der Waals surface area contributed by atoms with Crippen LogP contribution in [-0.2, 0) is 0 Å². The molecule has 1 unspecified atom stereocenters. The van der Waals surface area contributed by atoms with Crippen LogP contribution in [0.1, 0.15) is 64.5 Å². The number of aliphatic hydroxyl groups excluding tert-OH is 1. The number of ether oxygens (including phenoxy) is 1. The van der Waals surface area contributed by atoms with E-state index in [-0.39, 0.29) is 5.41 Å². The molecule has 0 aliphatic heterocycles. The predicted octanol–water partition coefficient (Wildman–Crippen LogP) is 5.49. The Morgan fingerprint density at radius 2 is 1.95 bits per heavy atom. The van der Waals surface area contributed by atoms with Crippen LogP contribution in [0.3, 0.4) is 0 Å². The lowest BCUT2D eigenvalue weighted by Crippen LogP contribution is -2.28. The zero-order valence-electron chi connectivity index (χ0n) is 13.4. The van der Waals surface area contributed by atoms with Crippen LogP contribution in [0.2, 0.25) is 0 Å². The summed E-state index contributed by atoms with van der Waals surface area (Å²) in [5.41, 5.74) is 1.05. The van der Waals surface area contributed by atoms with E-state index < -0.39 is 6.10 Å². The second-order valence-corrected chi connectivity index (χ2v) is 7.54. The normalized spacial score (nSPS) is 19.0. The molecule has 0 saturated heterocycles. The van der Waals surface area contributed by atoms with Crippen LogP contribution < -0.4 is 4.74 Å². The van der Waals surface area contributed by atoms with Crippen LogP contribution in [0, 0.1) is 11.3 Å². The lowest BCUT2D eigenvalue weighted by molar-refractivity contribution is 0.0107. The quantitative estimate of drug-likeness (QED) is 0.731. The largest absolute Gasteiger partial charge is 0.494 e. The maximum atomic E-state index is 11.1. The molecule has 21 heavy (non-hydrogen) atoms. The van der Waals surface area contributed by atoms with Gasteiger partial charge in [0, 0.05) is 9.89 Å². The molecule has 3 heteroatoms. The van der Waals surface area contributed by atoms with Crippen LogP contribution in [0.25, 0.3) is 0 Å². The van der Waals surface area contributed by atoms with Crippen LogP contribution in [-0.4, -0.2) is 11.7 Å². The van der Waals surface area contributed by atoms with E-state index in [1.165, 1.54) is 12.8 Å². The third kappa shape index (κ3) is 3.81. The van der Waals surface area contributed by atoms with E-state index in [4.69, 9.17) is 4.74 Å². The molecule has 1 aromatic rings. The average Bonchev–Trinajstić information content (AvgIpc) is 2.87. The third-order valence-corrected chi connectivity index (χ3v) is 5.26. The van der Waals surface area contributed by atoms with Gasteiger partial charge < -0.3 is 9.84 Å². The van der Waals surface area contributed by atoms with E-state index in [9.17, 15) is 5.11 Å². The number of benzene rings is 1. The lowest BCUT2D eigenvalue weighted by Gasteiger charge is -2.36. The van der Waals surface area contributed by atoms with Crippen molar-refractivity contribution in [3.63, 3.8) is 0 Å². The van der Waals surface area contributed by atoms with Crippen molar-refractivity contribution in [2.75, 3.05) is 6.61 Å². The highest BCUT2D eigenvalue weighted by Gasteiger charge is 2.42. The van der Waals surface area contributed by atoms with E-state index in [2.05, 4.69) is 29.8 Å². The minimum Gasteiger partial charge on any atom is -0.494 e. The molecule has 1 aromatic carbocycles. The molecule has 1 fully saturated rings. The van der Waals surface area contributed by atoms with Gasteiger partial charge in [0.15, 0.2) is 0 Å². The van der Waals surface area contributed by atoms with Crippen molar-refractivity contribution in [1.29, 1.82) is 0 Å². The van der Waals surface area contributed by atoms with Crippen molar-refractivity contribution in [3.8, 4) is 5.75 Å². The number of hydrogen-bond donors (Lipinski definition) is 1. The molecule has 1 atom stereocenters. The van der Waals surface area contributed by atoms with Crippen LogP contribution in [0.4, 0.5) is 0 Å². The molecule has 0 amide bonds. The summed E-state index contributed by atoms with van der Waals surface area (Å²) in [7, 11) is 0. The molecule has 1 N–H and O–H groups in total. The van der Waals surface area contributed by atoms with Gasteiger partial charge in [0.25, 0.3) is 0 Å². The van der Waals surface area contributed by atoms with E-state index in [1.54, 1.807) is 0 Å². The molecule has 1 saturated carbocycles. The second-order valence-electron chi connectivity index (χ2n) is 6.69. The van der Waals surface area contributed by atoms with Gasteiger partial charge in [-0.15, -0.1) is 0 Å². The third-order valence-electron chi connectivity index (χ3n) is 4.57. The van der Waals surface area contributed by atoms with Gasteiger partial charge in [-0.2, -0.15) is 0 Å². The maximum Gasteiger partial charge on any atom is 0.120 e. The number of hydrogen-bond acceptors (Lipinski definition) is 2. The van der Waals surface area contributed by atoms with Crippen molar-refractivity contribution >= 4 is 15.9 Å². The number of halogens is 1. The van der Waals surface area contributed by atoms with Gasteiger partial charge >= 0.3 is 0 Å². The summed E-state index contributed by atoms with van der Waals surface area (Å²) < 4.78 is 6.48. The van der Waals surface area contributed by atoms with Crippen molar-refractivity contribution in [2.24, 2.45) is 11.3 Å². The minimum atomic E-state index is -0.396. The Morgan fingerprint density at radius 3 is 2.48 bits per heavy atom. The summed E-state index contributed by atoms with van der Waals surface area (Å²) in [5, 5.41) is 11.1. The van der Waals surface area contributed by atoms with Crippen molar-refractivity contribution in [1.82, 2.24) is 0 Å². The summed E-state index contributed by atoms with van der Waals surface area (Å²) in [4.78, 5) is 0. The van der Waals surface area contributed by atoms with Crippen molar-refractivity contribution < 1.29 is 9.84 Å². The number of aliphatic hydroxyl groups is 1. The monoisotopic (exact) mass is 354 g/mol. The average molecular weight is 355 g/mol. The van der Waals surface area contributed by atoms with Crippen molar-refractivity contribution in [3.05, 3.63) is 28.2 Å². The Kier molecular flexibility index (Phi) is 5.73. The first kappa shape index (κ1) is 16.8. The Labute approximate surface area is 137 Å². The molecule has 2 rings (SSSR count). The predicted molar refractivity (Wildman–Crippen MR) is 90.6 cm³/mol. The van der Waals surface area contributed by atoms with Gasteiger partial charge in [0.05, 0.1) is 12.7 Å². The zero-order valence-corrected chi connectivity index (χ0v) is 14.9. The Bertz CT molecular complexity index is 464. The van der Waals surface area contributed by atoms with E-state index >= 15 is 0 Å². The smallest absolute Gasteiger partial charge is 0.120 e. The van der Waals surface area contributed by atoms with Gasteiger partial charge in [0.1, 0.15) is 5.75 Å². The van der Waals surface area contributed by atoms with E-state index in [0.717, 1.165) is 35.0 Å². The molecular formula is C18H27BrO2. The summed E-state index contributed by atoms with van der Waals surface area (Å²) in [6, 6.07) is 5.95. The molecule has 0 heterocycles. The standard InChI is InChI=1S/C18H27BrO2/c1-4-21-14-7-8-15(16(19)11-14)17(20)18(12-13(2)3)9-5-6-10-18/h7-8,11,13,17,20H,4-6,9-10,12H2,1-3H3. The molecule has 0 spiro atoms. The Hall–Kier alpha value is -0.540.